The van der Waals surface area contributed by atoms with E-state index in [-0.39, 0.29) is 11.7 Å². The number of benzene rings is 2. The quantitative estimate of drug-likeness (QED) is 0.798. The molecule has 5 heteroatoms. The molecular formula is C18H17BrFNO2. The first-order valence-corrected chi connectivity index (χ1v) is 8.44. The maximum absolute atomic E-state index is 13.1. The first-order chi connectivity index (χ1) is 11.1. The highest BCUT2D eigenvalue weighted by molar-refractivity contribution is 9.10. The minimum absolute atomic E-state index is 0.290. The molecule has 120 valence electrons. The first-order valence-electron chi connectivity index (χ1n) is 7.65. The normalized spacial score (nSPS) is 14.7. The van der Waals surface area contributed by atoms with Crippen molar-refractivity contribution in [2.24, 2.45) is 0 Å². The predicted molar refractivity (Wildman–Crippen MR) is 91.4 cm³/mol. The van der Waals surface area contributed by atoms with Crippen LogP contribution in [0.25, 0.3) is 0 Å². The third-order valence-corrected chi connectivity index (χ3v) is 4.55. The Hall–Kier alpha value is -1.88. The minimum atomic E-state index is -0.387. The number of amides is 1. The molecule has 0 saturated heterocycles. The SMILES string of the molecule is O=C(Nc1ccc(OC2CCCC2)cc1)c1ccc(F)cc1Br. The van der Waals surface area contributed by atoms with Crippen LogP contribution in [0.2, 0.25) is 0 Å². The van der Waals surface area contributed by atoms with E-state index < -0.39 is 0 Å². The molecule has 1 saturated carbocycles. The van der Waals surface area contributed by atoms with Crippen LogP contribution in [0.3, 0.4) is 0 Å². The summed E-state index contributed by atoms with van der Waals surface area (Å²) >= 11 is 3.20. The molecule has 0 aromatic heterocycles. The van der Waals surface area contributed by atoms with Crippen molar-refractivity contribution in [3.05, 3.63) is 58.3 Å². The van der Waals surface area contributed by atoms with Crippen molar-refractivity contribution in [1.82, 2.24) is 0 Å². The summed E-state index contributed by atoms with van der Waals surface area (Å²) in [6.07, 6.45) is 4.98. The van der Waals surface area contributed by atoms with Gasteiger partial charge in [-0.3, -0.25) is 4.79 Å². The van der Waals surface area contributed by atoms with Gasteiger partial charge in [-0.15, -0.1) is 0 Å². The molecule has 0 radical (unpaired) electrons. The van der Waals surface area contributed by atoms with Gasteiger partial charge in [0.25, 0.3) is 5.91 Å². The first kappa shape index (κ1) is 16.0. The van der Waals surface area contributed by atoms with Gasteiger partial charge in [0.15, 0.2) is 0 Å². The zero-order valence-electron chi connectivity index (χ0n) is 12.5. The van der Waals surface area contributed by atoms with Crippen LogP contribution in [-0.2, 0) is 0 Å². The van der Waals surface area contributed by atoms with Crippen LogP contribution in [-0.4, -0.2) is 12.0 Å². The highest BCUT2D eigenvalue weighted by Crippen LogP contribution is 2.25. The van der Waals surface area contributed by atoms with Crippen LogP contribution in [0, 0.1) is 5.82 Å². The summed E-state index contributed by atoms with van der Waals surface area (Å²) in [5.74, 6) is 0.140. The molecular weight excluding hydrogens is 361 g/mol. The van der Waals surface area contributed by atoms with Crippen molar-refractivity contribution in [2.45, 2.75) is 31.8 Å². The van der Waals surface area contributed by atoms with Gasteiger partial charge in [-0.1, -0.05) is 0 Å². The summed E-state index contributed by atoms with van der Waals surface area (Å²) in [7, 11) is 0. The Kier molecular flexibility index (Phi) is 4.96. The second kappa shape index (κ2) is 7.13. The van der Waals surface area contributed by atoms with E-state index in [1.165, 1.54) is 31.0 Å². The number of hydrogen-bond donors (Lipinski definition) is 1. The predicted octanol–water partition coefficient (Wildman–Crippen LogP) is 5.16. The van der Waals surface area contributed by atoms with Gasteiger partial charge in [0.2, 0.25) is 0 Å². The molecule has 2 aromatic rings. The molecule has 0 atom stereocenters. The Morgan fingerprint density at radius 1 is 1.13 bits per heavy atom. The molecule has 2 aromatic carbocycles. The number of ether oxygens (including phenoxy) is 1. The third kappa shape index (κ3) is 4.10. The molecule has 0 bridgehead atoms. The molecule has 1 amide bonds. The summed E-state index contributed by atoms with van der Waals surface area (Å²) in [5, 5.41) is 2.79. The lowest BCUT2D eigenvalue weighted by atomic mass is 10.2. The van der Waals surface area contributed by atoms with Crippen LogP contribution in [0.5, 0.6) is 5.75 Å². The Bertz CT molecular complexity index is 697. The van der Waals surface area contributed by atoms with Crippen LogP contribution >= 0.6 is 15.9 Å². The lowest BCUT2D eigenvalue weighted by Crippen LogP contribution is -2.13. The van der Waals surface area contributed by atoms with Crippen molar-refractivity contribution >= 4 is 27.5 Å². The number of carbonyl (C=O) groups is 1. The van der Waals surface area contributed by atoms with E-state index in [1.807, 2.05) is 12.1 Å². The number of nitrogens with one attached hydrogen (secondary N) is 1. The third-order valence-electron chi connectivity index (χ3n) is 3.89. The number of halogens is 2. The molecule has 3 rings (SSSR count). The Morgan fingerprint density at radius 3 is 2.48 bits per heavy atom. The Morgan fingerprint density at radius 2 is 1.83 bits per heavy atom. The van der Waals surface area contributed by atoms with E-state index in [4.69, 9.17) is 4.74 Å². The molecule has 1 fully saturated rings. The molecule has 0 heterocycles. The standard InChI is InChI=1S/C18H17BrFNO2/c19-17-11-12(20)5-10-16(17)18(22)21-13-6-8-15(9-7-13)23-14-3-1-2-4-14/h5-11,14H,1-4H2,(H,21,22). The van der Waals surface area contributed by atoms with Gasteiger partial charge < -0.3 is 10.1 Å². The van der Waals surface area contributed by atoms with Gasteiger partial charge in [-0.25, -0.2) is 4.39 Å². The maximum Gasteiger partial charge on any atom is 0.256 e. The van der Waals surface area contributed by atoms with Crippen molar-refractivity contribution < 1.29 is 13.9 Å². The molecule has 0 unspecified atom stereocenters. The van der Waals surface area contributed by atoms with E-state index in [9.17, 15) is 9.18 Å². The molecule has 3 nitrogen and oxygen atoms in total. The van der Waals surface area contributed by atoms with E-state index in [2.05, 4.69) is 21.2 Å². The summed E-state index contributed by atoms with van der Waals surface area (Å²) in [6.45, 7) is 0. The van der Waals surface area contributed by atoms with E-state index in [0.29, 0.717) is 21.8 Å². The largest absolute Gasteiger partial charge is 0.490 e. The second-order valence-corrected chi connectivity index (χ2v) is 6.48. The molecule has 1 aliphatic rings. The Balaban J connectivity index is 1.64. The van der Waals surface area contributed by atoms with Crippen molar-refractivity contribution in [3.63, 3.8) is 0 Å². The number of rotatable bonds is 4. The molecule has 1 N–H and O–H groups in total. The highest BCUT2D eigenvalue weighted by Gasteiger charge is 2.16. The van der Waals surface area contributed by atoms with Gasteiger partial charge in [-0.2, -0.15) is 0 Å². The monoisotopic (exact) mass is 377 g/mol. The zero-order valence-corrected chi connectivity index (χ0v) is 14.1. The maximum atomic E-state index is 13.1. The van der Waals surface area contributed by atoms with Gasteiger partial charge in [0.05, 0.1) is 11.7 Å². The molecule has 1 aliphatic carbocycles. The van der Waals surface area contributed by atoms with Crippen LogP contribution in [0.4, 0.5) is 10.1 Å². The van der Waals surface area contributed by atoms with Crippen molar-refractivity contribution in [2.75, 3.05) is 5.32 Å². The van der Waals surface area contributed by atoms with Gasteiger partial charge >= 0.3 is 0 Å². The smallest absolute Gasteiger partial charge is 0.256 e. The molecule has 0 aliphatic heterocycles. The Labute approximate surface area is 143 Å². The fraction of sp³-hybridized carbons (Fsp3) is 0.278. The van der Waals surface area contributed by atoms with Gasteiger partial charge in [0, 0.05) is 10.2 Å². The van der Waals surface area contributed by atoms with E-state index >= 15 is 0 Å². The van der Waals surface area contributed by atoms with Crippen LogP contribution < -0.4 is 10.1 Å². The lowest BCUT2D eigenvalue weighted by molar-refractivity contribution is 0.102. The van der Waals surface area contributed by atoms with E-state index in [0.717, 1.165) is 18.6 Å². The van der Waals surface area contributed by atoms with Crippen molar-refractivity contribution in [1.29, 1.82) is 0 Å². The fourth-order valence-corrected chi connectivity index (χ4v) is 3.22. The number of anilines is 1. The lowest BCUT2D eigenvalue weighted by Gasteiger charge is -2.13. The average molecular weight is 378 g/mol. The highest BCUT2D eigenvalue weighted by atomic mass is 79.9. The second-order valence-electron chi connectivity index (χ2n) is 5.63. The van der Waals surface area contributed by atoms with E-state index in [1.54, 1.807) is 12.1 Å². The summed E-state index contributed by atoms with van der Waals surface area (Å²) in [4.78, 5) is 12.2. The number of carbonyl (C=O) groups excluding carboxylic acids is 1. The molecule has 23 heavy (non-hydrogen) atoms. The summed E-state index contributed by atoms with van der Waals surface area (Å²) in [5.41, 5.74) is 1.06. The summed E-state index contributed by atoms with van der Waals surface area (Å²) < 4.78 is 19.4. The minimum Gasteiger partial charge on any atom is -0.490 e. The zero-order chi connectivity index (χ0) is 16.2. The average Bonchev–Trinajstić information content (AvgIpc) is 3.02. The van der Waals surface area contributed by atoms with Gasteiger partial charge in [-0.05, 0) is 84.1 Å². The van der Waals surface area contributed by atoms with Crippen LogP contribution in [0.15, 0.2) is 46.9 Å². The number of hydrogen-bond acceptors (Lipinski definition) is 2. The van der Waals surface area contributed by atoms with Gasteiger partial charge in [0.1, 0.15) is 11.6 Å². The molecule has 0 spiro atoms. The van der Waals surface area contributed by atoms with Crippen molar-refractivity contribution in [3.8, 4) is 5.75 Å². The summed E-state index contributed by atoms with van der Waals surface area (Å²) in [6, 6.07) is 11.3. The fourth-order valence-electron chi connectivity index (χ4n) is 2.69. The topological polar surface area (TPSA) is 38.3 Å². The van der Waals surface area contributed by atoms with Crippen LogP contribution in [0.1, 0.15) is 36.0 Å².